The second-order valence-corrected chi connectivity index (χ2v) is 10.9. The van der Waals surface area contributed by atoms with Gasteiger partial charge in [-0.2, -0.15) is 9.82 Å². The molecule has 1 unspecified atom stereocenters. The lowest BCUT2D eigenvalue weighted by Crippen LogP contribution is -2.48. The van der Waals surface area contributed by atoms with Crippen LogP contribution < -0.4 is 15.4 Å². The number of sulfonamides is 1. The summed E-state index contributed by atoms with van der Waals surface area (Å²) in [5, 5.41) is 20.0. The molecule has 0 radical (unpaired) electrons. The van der Waals surface area contributed by atoms with Crippen LogP contribution in [0.4, 0.5) is 5.82 Å². The largest absolute Gasteiger partial charge is 0.480 e. The van der Waals surface area contributed by atoms with Gasteiger partial charge in [0, 0.05) is 36.8 Å². The molecule has 0 bridgehead atoms. The smallest absolute Gasteiger partial charge is 0.323 e. The third-order valence-electron chi connectivity index (χ3n) is 5.67. The van der Waals surface area contributed by atoms with Gasteiger partial charge in [-0.3, -0.25) is 14.3 Å². The van der Waals surface area contributed by atoms with Gasteiger partial charge in [-0.1, -0.05) is 35.3 Å². The maximum absolute atomic E-state index is 12.7. The molecule has 0 aliphatic heterocycles. The fourth-order valence-electron chi connectivity index (χ4n) is 3.78. The number of carbonyl (C=O) groups is 2. The average molecular weight is 591 g/mol. The summed E-state index contributed by atoms with van der Waals surface area (Å²) >= 11 is 11.9. The summed E-state index contributed by atoms with van der Waals surface area (Å²) in [4.78, 5) is 28.2. The quantitative estimate of drug-likeness (QED) is 0.183. The maximum atomic E-state index is 12.7. The molecule has 39 heavy (non-hydrogen) atoms. The molecule has 1 atom stereocenters. The Bertz CT molecular complexity index is 1580. The van der Waals surface area contributed by atoms with Crippen molar-refractivity contribution in [1.29, 1.82) is 0 Å². The molecule has 14 heteroatoms. The number of aromatic nitrogens is 3. The molecule has 0 aliphatic rings. The van der Waals surface area contributed by atoms with Crippen molar-refractivity contribution in [2.75, 3.05) is 18.4 Å². The zero-order valence-electron chi connectivity index (χ0n) is 20.3. The van der Waals surface area contributed by atoms with E-state index < -0.39 is 39.4 Å². The molecule has 0 spiro atoms. The van der Waals surface area contributed by atoms with Gasteiger partial charge < -0.3 is 15.7 Å². The number of aliphatic carboxylic acids is 1. The van der Waals surface area contributed by atoms with Crippen molar-refractivity contribution in [3.63, 3.8) is 0 Å². The molecule has 1 amide bonds. The fraction of sp³-hybridized carbons (Fsp3) is 0.200. The number of carboxylic acid groups (broad SMARTS) is 1. The normalized spacial score (nSPS) is 12.3. The van der Waals surface area contributed by atoms with Crippen molar-refractivity contribution in [3.8, 4) is 0 Å². The summed E-state index contributed by atoms with van der Waals surface area (Å²) in [5.74, 6) is -1.27. The summed E-state index contributed by atoms with van der Waals surface area (Å²) in [7, 11) is -4.40. The third-order valence-corrected chi connectivity index (χ3v) is 8.10. The highest BCUT2D eigenvalue weighted by atomic mass is 35.5. The number of nitrogens with one attached hydrogen (secondary N) is 3. The van der Waals surface area contributed by atoms with Crippen LogP contribution in [0.15, 0.2) is 71.9 Å². The van der Waals surface area contributed by atoms with Crippen LogP contribution in [-0.2, 0) is 21.4 Å². The lowest BCUT2D eigenvalue weighted by molar-refractivity contribution is -0.138. The molecule has 0 fully saturated rings. The molecular weight excluding hydrogens is 567 g/mol. The van der Waals surface area contributed by atoms with Crippen molar-refractivity contribution >= 4 is 61.8 Å². The minimum Gasteiger partial charge on any atom is -0.480 e. The number of hydrogen-bond donors (Lipinski definition) is 4. The molecule has 0 saturated carbocycles. The van der Waals surface area contributed by atoms with Crippen LogP contribution in [0.2, 0.25) is 10.0 Å². The number of carboxylic acids is 1. The first-order valence-electron chi connectivity index (χ1n) is 11.7. The van der Waals surface area contributed by atoms with E-state index in [0.717, 1.165) is 23.1 Å². The number of rotatable bonds is 12. The van der Waals surface area contributed by atoms with E-state index in [-0.39, 0.29) is 15.6 Å². The van der Waals surface area contributed by atoms with Gasteiger partial charge in [-0.05, 0) is 48.9 Å². The van der Waals surface area contributed by atoms with E-state index in [9.17, 15) is 23.1 Å². The zero-order chi connectivity index (χ0) is 28.0. The summed E-state index contributed by atoms with van der Waals surface area (Å²) in [6.45, 7) is 0.830. The van der Waals surface area contributed by atoms with Gasteiger partial charge in [0.1, 0.15) is 16.8 Å². The lowest BCUT2D eigenvalue weighted by Gasteiger charge is -2.17. The Balaban J connectivity index is 1.36. The molecule has 2 aromatic heterocycles. The molecular formula is C25H24Cl2N6O5S. The summed E-state index contributed by atoms with van der Waals surface area (Å²) in [6.07, 6.45) is 4.15. The van der Waals surface area contributed by atoms with Crippen molar-refractivity contribution in [3.05, 3.63) is 82.6 Å². The van der Waals surface area contributed by atoms with Crippen LogP contribution in [0, 0.1) is 0 Å². The predicted octanol–water partition coefficient (Wildman–Crippen LogP) is 3.40. The SMILES string of the molecule is O=C(NCC(NS(=O)(=O)c1c(Cl)cccc1Cl)C(=O)O)c1ccc2c(cnn2CCCNc2ccccn2)c1. The van der Waals surface area contributed by atoms with Crippen molar-refractivity contribution in [2.45, 2.75) is 23.9 Å². The molecule has 0 aliphatic carbocycles. The number of aryl methyl sites for hydroxylation is 1. The number of anilines is 1. The second kappa shape index (κ2) is 12.4. The highest BCUT2D eigenvalue weighted by Gasteiger charge is 2.29. The Morgan fingerprint density at radius 1 is 1.05 bits per heavy atom. The molecule has 2 heterocycles. The average Bonchev–Trinajstić information content (AvgIpc) is 3.31. The number of amides is 1. The number of nitrogens with zero attached hydrogens (tertiary/aromatic N) is 3. The van der Waals surface area contributed by atoms with Crippen LogP contribution in [0.5, 0.6) is 0 Å². The van der Waals surface area contributed by atoms with E-state index in [2.05, 4.69) is 20.7 Å². The van der Waals surface area contributed by atoms with Gasteiger partial charge in [0.05, 0.1) is 21.8 Å². The van der Waals surface area contributed by atoms with E-state index >= 15 is 0 Å². The van der Waals surface area contributed by atoms with Crippen molar-refractivity contribution in [2.24, 2.45) is 0 Å². The van der Waals surface area contributed by atoms with Gasteiger partial charge in [-0.15, -0.1) is 0 Å². The first kappa shape index (κ1) is 28.3. The molecule has 0 saturated heterocycles. The van der Waals surface area contributed by atoms with E-state index in [1.807, 2.05) is 27.6 Å². The van der Waals surface area contributed by atoms with E-state index in [1.54, 1.807) is 30.6 Å². The van der Waals surface area contributed by atoms with Gasteiger partial charge in [0.15, 0.2) is 0 Å². The number of pyridine rings is 1. The van der Waals surface area contributed by atoms with Gasteiger partial charge in [-0.25, -0.2) is 13.4 Å². The molecule has 204 valence electrons. The summed E-state index contributed by atoms with van der Waals surface area (Å²) in [5.41, 5.74) is 1.09. The molecule has 4 N–H and O–H groups in total. The Morgan fingerprint density at radius 3 is 2.51 bits per heavy atom. The maximum Gasteiger partial charge on any atom is 0.323 e. The fourth-order valence-corrected chi connectivity index (χ4v) is 6.11. The number of hydrogen-bond acceptors (Lipinski definition) is 7. The summed E-state index contributed by atoms with van der Waals surface area (Å²) < 4.78 is 29.4. The Hall–Kier alpha value is -3.71. The van der Waals surface area contributed by atoms with Crippen LogP contribution in [0.25, 0.3) is 10.9 Å². The molecule has 2 aromatic carbocycles. The topological polar surface area (TPSA) is 155 Å². The number of carbonyl (C=O) groups excluding carboxylic acids is 1. The van der Waals surface area contributed by atoms with Crippen molar-refractivity contribution in [1.82, 2.24) is 24.8 Å². The van der Waals surface area contributed by atoms with Crippen LogP contribution in [0.1, 0.15) is 16.8 Å². The minimum atomic E-state index is -4.40. The number of fused-ring (bicyclic) bond motifs is 1. The Morgan fingerprint density at radius 2 is 1.82 bits per heavy atom. The van der Waals surface area contributed by atoms with Gasteiger partial charge in [0.25, 0.3) is 5.91 Å². The summed E-state index contributed by atoms with van der Waals surface area (Å²) in [6, 6.07) is 13.0. The monoisotopic (exact) mass is 590 g/mol. The van der Waals surface area contributed by atoms with E-state index in [4.69, 9.17) is 23.2 Å². The Kier molecular flexibility index (Phi) is 9.02. The lowest BCUT2D eigenvalue weighted by atomic mass is 10.1. The molecule has 4 rings (SSSR count). The molecule has 4 aromatic rings. The second-order valence-electron chi connectivity index (χ2n) is 8.41. The highest BCUT2D eigenvalue weighted by Crippen LogP contribution is 2.29. The molecule has 11 nitrogen and oxygen atoms in total. The van der Waals surface area contributed by atoms with Gasteiger partial charge in [0.2, 0.25) is 10.0 Å². The minimum absolute atomic E-state index is 0.165. The number of benzene rings is 2. The van der Waals surface area contributed by atoms with Crippen LogP contribution in [-0.4, -0.2) is 59.3 Å². The predicted molar refractivity (Wildman–Crippen MR) is 148 cm³/mol. The van der Waals surface area contributed by atoms with Crippen LogP contribution >= 0.6 is 23.2 Å². The van der Waals surface area contributed by atoms with Crippen LogP contribution in [0.3, 0.4) is 0 Å². The zero-order valence-corrected chi connectivity index (χ0v) is 22.7. The first-order valence-corrected chi connectivity index (χ1v) is 14.0. The van der Waals surface area contributed by atoms with Gasteiger partial charge >= 0.3 is 5.97 Å². The number of halogens is 2. The van der Waals surface area contributed by atoms with E-state index in [1.165, 1.54) is 18.2 Å². The highest BCUT2D eigenvalue weighted by molar-refractivity contribution is 7.89. The Labute approximate surface area is 234 Å². The third kappa shape index (κ3) is 7.03. The van der Waals surface area contributed by atoms with Crippen molar-refractivity contribution < 1.29 is 23.1 Å². The van der Waals surface area contributed by atoms with E-state index in [0.29, 0.717) is 13.1 Å². The standard InChI is InChI=1S/C25H24Cl2N6O5S/c26-18-5-3-6-19(27)23(18)39(37,38)32-20(25(35)36)15-30-24(34)16-8-9-21-17(13-16)14-31-33(21)12-4-11-29-22-7-1-2-10-28-22/h1-3,5-10,13-14,20,32H,4,11-12,15H2,(H,28,29)(H,30,34)(H,35,36). The first-order chi connectivity index (χ1) is 18.7.